The lowest BCUT2D eigenvalue weighted by Gasteiger charge is -2.30. The van der Waals surface area contributed by atoms with E-state index in [0.717, 1.165) is 109 Å². The van der Waals surface area contributed by atoms with Crippen LogP contribution in [0.3, 0.4) is 0 Å². The Balaban J connectivity index is 0.974. The summed E-state index contributed by atoms with van der Waals surface area (Å²) in [6, 6.07) is 23.3. The second-order valence-electron chi connectivity index (χ2n) is 30.7. The molecule has 7 heterocycles. The van der Waals surface area contributed by atoms with E-state index in [0.29, 0.717) is 103 Å². The number of nitrogens with zero attached hydrogens (tertiary/aromatic N) is 22. The quantitative estimate of drug-likeness (QED) is 0.0378. The fraction of sp³-hybridized carbons (Fsp3) is 0.432. The number of carbonyl (C=O) groups is 5. The van der Waals surface area contributed by atoms with Gasteiger partial charge in [0.15, 0.2) is 0 Å². The summed E-state index contributed by atoms with van der Waals surface area (Å²) in [6.45, 7) is 26.9. The van der Waals surface area contributed by atoms with Gasteiger partial charge in [-0.25, -0.2) is 4.42 Å². The van der Waals surface area contributed by atoms with Crippen molar-refractivity contribution in [3.05, 3.63) is 184 Å². The monoisotopic (exact) mass is 1500 g/mol. The second-order valence-corrected chi connectivity index (χ2v) is 30.7. The van der Waals surface area contributed by atoms with Gasteiger partial charge in [-0.15, -0.1) is 25.5 Å². The number of rotatable bonds is 30. The van der Waals surface area contributed by atoms with Gasteiger partial charge in [0.05, 0.1) is 107 Å². The van der Waals surface area contributed by atoms with Crippen LogP contribution in [-0.4, -0.2) is 197 Å². The van der Waals surface area contributed by atoms with Crippen LogP contribution in [0.15, 0.2) is 143 Å². The van der Waals surface area contributed by atoms with Gasteiger partial charge in [-0.3, -0.25) is 47.4 Å². The third-order valence-corrected chi connectivity index (χ3v) is 20.0. The highest BCUT2D eigenvalue weighted by molar-refractivity contribution is 5.92. The van der Waals surface area contributed by atoms with Crippen LogP contribution in [0.25, 0.3) is 39.4 Å². The smallest absolute Gasteiger partial charge is 0.362 e. The number of fused-ring (bicyclic) bond motifs is 2. The molecular weight excluding hydrogens is 1390 g/mol. The molecule has 0 saturated heterocycles. The number of hydrogen-bond acceptors (Lipinski definition) is 18. The Morgan fingerprint density at radius 2 is 0.909 bits per heavy atom. The molecule has 0 N–H and O–H groups in total. The first-order valence-corrected chi connectivity index (χ1v) is 37.3. The topological polar surface area (TPSA) is 282 Å². The Labute approximate surface area is 642 Å². The van der Waals surface area contributed by atoms with Gasteiger partial charge in [0.2, 0.25) is 29.5 Å². The summed E-state index contributed by atoms with van der Waals surface area (Å²) in [5, 5.41) is 46.0. The normalized spacial score (nSPS) is 13.9. The molecule has 0 saturated carbocycles. The highest BCUT2D eigenvalue weighted by Crippen LogP contribution is 2.44. The molecule has 6 aromatic heterocycles. The van der Waals surface area contributed by atoms with Gasteiger partial charge >= 0.3 is 11.3 Å². The number of ether oxygens (including phenoxy) is 1. The summed E-state index contributed by atoms with van der Waals surface area (Å²) in [5.74, 6) is 2.17. The molecule has 3 aromatic carbocycles. The number of amides is 5. The van der Waals surface area contributed by atoms with Gasteiger partial charge in [0, 0.05) is 148 Å². The van der Waals surface area contributed by atoms with E-state index in [1.807, 2.05) is 31.0 Å². The number of carbonyl (C=O) groups excluding carboxylic acids is 5. The van der Waals surface area contributed by atoms with Crippen molar-refractivity contribution in [2.24, 2.45) is 5.41 Å². The van der Waals surface area contributed by atoms with Crippen LogP contribution >= 0.6 is 0 Å². The molecule has 0 atom stereocenters. The van der Waals surface area contributed by atoms with E-state index in [2.05, 4.69) is 200 Å². The summed E-state index contributed by atoms with van der Waals surface area (Å²) in [5.41, 5.74) is 13.6. The van der Waals surface area contributed by atoms with E-state index >= 15 is 0 Å². The third kappa shape index (κ3) is 20.5. The summed E-state index contributed by atoms with van der Waals surface area (Å²) >= 11 is 0. The number of hydrogen-bond donors (Lipinski definition) is 0. The molecule has 0 unspecified atom stereocenters. The van der Waals surface area contributed by atoms with Crippen LogP contribution in [-0.2, 0) is 88.3 Å². The summed E-state index contributed by atoms with van der Waals surface area (Å²) < 4.78 is 22.7. The Morgan fingerprint density at radius 3 is 1.35 bits per heavy atom. The van der Waals surface area contributed by atoms with Crippen LogP contribution < -0.4 is 14.5 Å². The fourth-order valence-corrected chi connectivity index (χ4v) is 12.6. The number of anilines is 2. The van der Waals surface area contributed by atoms with Crippen LogP contribution in [0, 0.1) is 5.41 Å². The van der Waals surface area contributed by atoms with Crippen molar-refractivity contribution in [3.8, 4) is 17.0 Å². The Bertz CT molecular complexity index is 4850. The van der Waals surface area contributed by atoms with Gasteiger partial charge in [0.1, 0.15) is 40.0 Å². The minimum atomic E-state index is -0.379. The number of aromatic nitrogens is 15. The number of benzene rings is 3. The van der Waals surface area contributed by atoms with Gasteiger partial charge in [-0.1, -0.05) is 95.4 Å². The van der Waals surface area contributed by atoms with Gasteiger partial charge in [-0.05, 0) is 98.2 Å². The zero-order valence-electron chi connectivity index (χ0n) is 66.3. The molecule has 29 heteroatoms. The predicted molar refractivity (Wildman–Crippen MR) is 422 cm³/mol. The molecule has 5 amide bonds. The van der Waals surface area contributed by atoms with Gasteiger partial charge in [-0.2, -0.15) is 0 Å². The molecule has 0 radical (unpaired) electrons. The summed E-state index contributed by atoms with van der Waals surface area (Å²) in [7, 11) is 8.84. The maximum Gasteiger partial charge on any atom is 0.362 e. The number of likely N-dealkylation sites (N-methyl/N-ethyl adjacent to an activating group) is 5. The lowest BCUT2D eigenvalue weighted by molar-refractivity contribution is -0.128. The van der Waals surface area contributed by atoms with Crippen LogP contribution in [0.2, 0.25) is 0 Å². The largest absolute Gasteiger partial charge is 0.460 e. The van der Waals surface area contributed by atoms with Crippen LogP contribution in [0.4, 0.5) is 11.4 Å². The van der Waals surface area contributed by atoms with Crippen molar-refractivity contribution < 1.29 is 33.1 Å². The van der Waals surface area contributed by atoms with E-state index < -0.39 is 0 Å². The van der Waals surface area contributed by atoms with Gasteiger partial charge in [0.25, 0.3) is 0 Å². The Hall–Kier alpha value is -11.8. The van der Waals surface area contributed by atoms with Crippen molar-refractivity contribution in [3.63, 3.8) is 0 Å². The van der Waals surface area contributed by atoms with E-state index in [4.69, 9.17) is 9.15 Å². The SMILES string of the molecule is CC(=O)N(C)CCn1cc(CN(Cc2cn(CCN(C)C(C)=O)nn2)c2ccc3c(c2)OC(C(C)(C)C)=C/C3=C\C=C2/CCCC(/C=C/c3cc(C(C)(C)C)[o+]c4cc(N(Cc5cn(CCN(C)C(C)=O)nn5)Cc5cn(CCN(C)C(C)=O)nn5)ccc34)=C2c2ccc(-c3cn(CCN(C)C(C)=O)nn3)cc2)nn1. The number of allylic oxidation sites excluding steroid dienone is 9. The molecule has 11 rings (SSSR count). The average molecular weight is 1500 g/mol. The zero-order valence-corrected chi connectivity index (χ0v) is 66.3. The lowest BCUT2D eigenvalue weighted by Crippen LogP contribution is -2.27. The first-order valence-electron chi connectivity index (χ1n) is 37.3. The molecule has 0 spiro atoms. The summed E-state index contributed by atoms with van der Waals surface area (Å²) in [6.07, 6.45) is 23.2. The molecule has 9 aromatic rings. The molecule has 110 heavy (non-hydrogen) atoms. The minimum absolute atomic E-state index is 0.0169. The molecule has 1 aliphatic carbocycles. The zero-order chi connectivity index (χ0) is 78.7. The average Bonchev–Trinajstić information content (AvgIpc) is 1.03. The lowest BCUT2D eigenvalue weighted by atomic mass is 9.82. The van der Waals surface area contributed by atoms with Crippen LogP contribution in [0.1, 0.15) is 141 Å². The Morgan fingerprint density at radius 1 is 0.482 bits per heavy atom. The van der Waals surface area contributed by atoms with Gasteiger partial charge < -0.3 is 39.0 Å². The van der Waals surface area contributed by atoms with E-state index in [-0.39, 0.29) is 40.4 Å². The maximum atomic E-state index is 12.1. The molecule has 0 bridgehead atoms. The molecular formula is C81H103N22O7+. The maximum absolute atomic E-state index is 12.1. The van der Waals surface area contributed by atoms with Crippen molar-refractivity contribution in [2.45, 2.75) is 160 Å². The molecule has 2 aliphatic rings. The predicted octanol–water partition coefficient (Wildman–Crippen LogP) is 10.4. The highest BCUT2D eigenvalue weighted by atomic mass is 16.5. The Kier molecular flexibility index (Phi) is 25.0. The second kappa shape index (κ2) is 34.6. The van der Waals surface area contributed by atoms with E-state index in [1.165, 1.54) is 11.1 Å². The van der Waals surface area contributed by atoms with Crippen molar-refractivity contribution in [2.75, 3.05) is 77.8 Å². The standard InChI is InChI=1S/C81H103N22O7/c1-55(104)92(12)32-37-99-50-66(82-87-99)46-97(47-67-51-100(88-83-67)38-33-93(13)56(2)105)70-28-30-72-64(42-77(80(6,7)8)109-75(72)44-70)26-24-61-18-17-19-62(79(61)63-22-20-60(21-23-63)74-54-103(91-86-74)41-36-96(16)59(5)108)25-27-65-43-78(81(9,10)11)110-76-45-71(29-31-73(65)76)98(48-68-52-101(89-84-68)39-34-94(14)57(3)106)49-69-53-102(90-85-69)40-35-95(15)58(4)107/h20-31,42-45,50-54H,17-19,32-41,46-49H2,1-16H3/q+1. The third-order valence-electron chi connectivity index (χ3n) is 20.0. The molecule has 0 fully saturated rings. The fourth-order valence-electron chi connectivity index (χ4n) is 12.6. The molecule has 1 aliphatic heterocycles. The first kappa shape index (κ1) is 79.3. The molecule has 578 valence electrons. The van der Waals surface area contributed by atoms with Crippen LogP contribution in [0.5, 0.6) is 5.75 Å². The van der Waals surface area contributed by atoms with E-state index in [9.17, 15) is 24.0 Å². The molecule has 29 nitrogen and oxygen atoms in total. The highest BCUT2D eigenvalue weighted by Gasteiger charge is 2.32. The van der Waals surface area contributed by atoms with Crippen molar-refractivity contribution in [1.82, 2.24) is 99.5 Å². The summed E-state index contributed by atoms with van der Waals surface area (Å²) in [4.78, 5) is 72.9. The van der Waals surface area contributed by atoms with E-state index in [1.54, 1.807) is 118 Å². The minimum Gasteiger partial charge on any atom is -0.460 e. The van der Waals surface area contributed by atoms with Crippen molar-refractivity contribution in [1.29, 1.82) is 0 Å². The first-order chi connectivity index (χ1) is 52.4. The van der Waals surface area contributed by atoms with Crippen molar-refractivity contribution >= 4 is 69.1 Å².